The van der Waals surface area contributed by atoms with Crippen LogP contribution in [0.2, 0.25) is 0 Å². The van der Waals surface area contributed by atoms with Gasteiger partial charge in [-0.2, -0.15) is 0 Å². The number of anilines is 8. The molecule has 0 atom stereocenters. The molecular formula is C77H86BN3. The van der Waals surface area contributed by atoms with E-state index in [1.54, 1.807) is 0 Å². The van der Waals surface area contributed by atoms with Crippen molar-refractivity contribution < 1.29 is 0 Å². The molecule has 3 aliphatic carbocycles. The molecule has 2 heterocycles. The van der Waals surface area contributed by atoms with Gasteiger partial charge >= 0.3 is 6.85 Å². The Morgan fingerprint density at radius 2 is 1.01 bits per heavy atom. The largest absolute Gasteiger partial charge is 0.376 e. The molecule has 13 rings (SSSR count). The van der Waals surface area contributed by atoms with E-state index in [2.05, 4.69) is 285 Å². The van der Waals surface area contributed by atoms with Gasteiger partial charge in [-0.15, -0.1) is 0 Å². The third-order valence-electron chi connectivity index (χ3n) is 20.6. The van der Waals surface area contributed by atoms with E-state index in [4.69, 9.17) is 0 Å². The lowest BCUT2D eigenvalue weighted by Crippen LogP contribution is -2.61. The van der Waals surface area contributed by atoms with Gasteiger partial charge in [-0.1, -0.05) is 178 Å². The van der Waals surface area contributed by atoms with Gasteiger partial charge in [-0.3, -0.25) is 0 Å². The normalized spacial score (nSPS) is 18.2. The highest BCUT2D eigenvalue weighted by molar-refractivity contribution is 6.93. The van der Waals surface area contributed by atoms with E-state index in [-0.39, 0.29) is 44.8 Å². The fourth-order valence-electron chi connectivity index (χ4n) is 15.3. The molecule has 0 bridgehead atoms. The summed E-state index contributed by atoms with van der Waals surface area (Å²) < 4.78 is 0. The van der Waals surface area contributed by atoms with Crippen LogP contribution in [0, 0.1) is 13.8 Å². The summed E-state index contributed by atoms with van der Waals surface area (Å²) in [6.45, 7) is 43.1. The third kappa shape index (κ3) is 8.25. The van der Waals surface area contributed by atoms with Crippen LogP contribution in [-0.2, 0) is 37.9 Å². The molecule has 412 valence electrons. The number of aryl methyl sites for hydroxylation is 2. The Balaban J connectivity index is 1.15. The monoisotopic (exact) mass is 1060 g/mol. The summed E-state index contributed by atoms with van der Waals surface area (Å²) in [6, 6.07) is 58.5. The minimum Gasteiger partial charge on any atom is -0.376 e. The fourth-order valence-corrected chi connectivity index (χ4v) is 15.3. The Hall–Kier alpha value is -6.78. The van der Waals surface area contributed by atoms with Crippen molar-refractivity contribution in [2.75, 3.05) is 14.6 Å². The molecule has 5 aliphatic rings. The molecule has 8 aromatic carbocycles. The highest BCUT2D eigenvalue weighted by atomic mass is 15.2. The van der Waals surface area contributed by atoms with Crippen molar-refractivity contribution in [2.24, 2.45) is 0 Å². The molecule has 0 saturated heterocycles. The summed E-state index contributed by atoms with van der Waals surface area (Å²) in [5.41, 5.74) is 31.8. The number of nitrogens with zero attached hydrogens (tertiary/aromatic N) is 3. The van der Waals surface area contributed by atoms with E-state index in [9.17, 15) is 0 Å². The summed E-state index contributed by atoms with van der Waals surface area (Å²) in [4.78, 5) is 8.03. The molecule has 0 unspecified atom stereocenters. The Morgan fingerprint density at radius 1 is 0.407 bits per heavy atom. The second-order valence-electron chi connectivity index (χ2n) is 30.6. The lowest BCUT2D eigenvalue weighted by molar-refractivity contribution is 0.332. The maximum atomic E-state index is 2.80. The highest BCUT2D eigenvalue weighted by Gasteiger charge is 2.49. The Bertz CT molecular complexity index is 3920. The molecule has 0 aromatic heterocycles. The first-order valence-corrected chi connectivity index (χ1v) is 30.4. The first-order chi connectivity index (χ1) is 38.0. The van der Waals surface area contributed by atoms with Gasteiger partial charge in [0.25, 0.3) is 0 Å². The first-order valence-electron chi connectivity index (χ1n) is 30.4. The molecular weight excluding hydrogens is 978 g/mol. The van der Waals surface area contributed by atoms with E-state index in [1.807, 2.05) is 0 Å². The van der Waals surface area contributed by atoms with E-state index in [0.717, 1.165) is 29.9 Å². The minimum atomic E-state index is -0.172. The molecule has 0 amide bonds. The molecule has 0 spiro atoms. The van der Waals surface area contributed by atoms with Gasteiger partial charge in [0.1, 0.15) is 0 Å². The molecule has 3 nitrogen and oxygen atoms in total. The number of rotatable bonds is 5. The van der Waals surface area contributed by atoms with E-state index in [0.29, 0.717) is 0 Å². The van der Waals surface area contributed by atoms with Crippen LogP contribution in [0.15, 0.2) is 146 Å². The molecule has 2 aliphatic heterocycles. The van der Waals surface area contributed by atoms with E-state index < -0.39 is 0 Å². The molecule has 8 aromatic rings. The van der Waals surface area contributed by atoms with Crippen LogP contribution in [0.25, 0.3) is 22.3 Å². The molecule has 81 heavy (non-hydrogen) atoms. The average Bonchev–Trinajstić information content (AvgIpc) is 3.84. The van der Waals surface area contributed by atoms with Crippen molar-refractivity contribution in [1.82, 2.24) is 0 Å². The quantitative estimate of drug-likeness (QED) is 0.159. The zero-order chi connectivity index (χ0) is 57.5. The van der Waals surface area contributed by atoms with Crippen LogP contribution >= 0.6 is 0 Å². The van der Waals surface area contributed by atoms with Gasteiger partial charge in [0.05, 0.1) is 0 Å². The SMILES string of the molecule is Cc1cc2c3c(c1)N(c1cc4c(cc1C)C(C)(C)CCC4(C)C)c1ccc(N(c4ccc(C(C)(C)C)cc4)c4cccc(C(C)(C)C)c4)cc1B3N(c1ccc3c(c1)C(C)(C)CCC3(C)C)c1cc3c(cc1-2)C(C)(C)c1ccccc1-3. The van der Waals surface area contributed by atoms with Crippen LogP contribution in [-0.4, -0.2) is 6.85 Å². The second kappa shape index (κ2) is 17.6. The zero-order valence-electron chi connectivity index (χ0n) is 52.1. The Labute approximate surface area is 487 Å². The van der Waals surface area contributed by atoms with Crippen molar-refractivity contribution in [3.63, 3.8) is 0 Å². The summed E-state index contributed by atoms with van der Waals surface area (Å²) in [5, 5.41) is 0. The van der Waals surface area contributed by atoms with Crippen LogP contribution in [0.4, 0.5) is 45.5 Å². The topological polar surface area (TPSA) is 9.72 Å². The zero-order valence-corrected chi connectivity index (χ0v) is 52.1. The first kappa shape index (κ1) is 53.5. The van der Waals surface area contributed by atoms with Gasteiger partial charge in [0.15, 0.2) is 0 Å². The molecule has 4 heteroatoms. The van der Waals surface area contributed by atoms with Crippen LogP contribution in [0.1, 0.15) is 192 Å². The summed E-state index contributed by atoms with van der Waals surface area (Å²) in [7, 11) is 0. The minimum absolute atomic E-state index is 0.0198. The Kier molecular flexibility index (Phi) is 11.6. The van der Waals surface area contributed by atoms with Crippen molar-refractivity contribution in [3.8, 4) is 22.3 Å². The molecule has 0 fully saturated rings. The summed E-state index contributed by atoms with van der Waals surface area (Å²) >= 11 is 0. The fraction of sp³-hybridized carbons (Fsp3) is 0.377. The van der Waals surface area contributed by atoms with E-state index >= 15 is 0 Å². The van der Waals surface area contributed by atoms with Crippen molar-refractivity contribution >= 4 is 63.3 Å². The molecule has 0 saturated carbocycles. The maximum Gasteiger partial charge on any atom is 0.333 e. The van der Waals surface area contributed by atoms with Crippen molar-refractivity contribution in [1.29, 1.82) is 0 Å². The molecule has 0 N–H and O–H groups in total. The predicted octanol–water partition coefficient (Wildman–Crippen LogP) is 20.1. The predicted molar refractivity (Wildman–Crippen MR) is 350 cm³/mol. The van der Waals surface area contributed by atoms with Crippen LogP contribution in [0.3, 0.4) is 0 Å². The van der Waals surface area contributed by atoms with Gasteiger partial charge in [0, 0.05) is 56.5 Å². The van der Waals surface area contributed by atoms with Crippen LogP contribution in [0.5, 0.6) is 0 Å². The number of fused-ring (bicyclic) bond motifs is 9. The van der Waals surface area contributed by atoms with Crippen molar-refractivity contribution in [2.45, 2.75) is 188 Å². The lowest BCUT2D eigenvalue weighted by Gasteiger charge is -2.48. The summed E-state index contributed by atoms with van der Waals surface area (Å²) in [6.07, 6.45) is 4.67. The number of hydrogen-bond acceptors (Lipinski definition) is 3. The van der Waals surface area contributed by atoms with Crippen LogP contribution < -0.4 is 25.5 Å². The standard InChI is InChI=1S/C77H86BN3/c1-47-38-58-57-44-61-56(55-24-19-20-25-59(55)77(61,17)18)45-68(57)81(54-30-32-60-63(42-54)75(13,14)35-34-73(60,9)10)78-65-43-53(79(51-28-26-49(27-29-51)71(3,4)5)52-23-21-22-50(41-52)72(6,7)8)31-33-66(65)80(69(39-47)70(58)78)67-46-64-62(40-48(67)2)74(11,12)36-37-76(64,15)16/h19-33,38-46H,34-37H2,1-18H3. The third-order valence-corrected chi connectivity index (χ3v) is 20.6. The average molecular weight is 1060 g/mol. The highest BCUT2D eigenvalue weighted by Crippen LogP contribution is 2.57. The van der Waals surface area contributed by atoms with Gasteiger partial charge in [-0.05, 0) is 234 Å². The maximum absolute atomic E-state index is 2.80. The van der Waals surface area contributed by atoms with Gasteiger partial charge in [-0.25, -0.2) is 0 Å². The lowest BCUT2D eigenvalue weighted by atomic mass is 9.43. The van der Waals surface area contributed by atoms with Gasteiger partial charge < -0.3 is 14.6 Å². The smallest absolute Gasteiger partial charge is 0.333 e. The summed E-state index contributed by atoms with van der Waals surface area (Å²) in [5.74, 6) is 0. The van der Waals surface area contributed by atoms with Gasteiger partial charge in [0.2, 0.25) is 0 Å². The molecule has 0 radical (unpaired) electrons. The Morgan fingerprint density at radius 3 is 1.68 bits per heavy atom. The second-order valence-corrected chi connectivity index (χ2v) is 30.6. The number of benzene rings is 8. The van der Waals surface area contributed by atoms with E-state index in [1.165, 1.54) is 130 Å². The van der Waals surface area contributed by atoms with Crippen molar-refractivity contribution in [3.05, 3.63) is 201 Å². The number of hydrogen-bond donors (Lipinski definition) is 0.